The Labute approximate surface area is 97.0 Å². The number of likely N-dealkylation sites (tertiary alicyclic amines) is 1. The molecule has 0 aliphatic carbocycles. The SMILES string of the molecule is CC(CC(=O)NN)N1CCCC1CCCO. The number of aliphatic hydroxyl groups is 1. The second kappa shape index (κ2) is 6.83. The van der Waals surface area contributed by atoms with Gasteiger partial charge in [0, 0.05) is 25.1 Å². The van der Waals surface area contributed by atoms with Crippen LogP contribution < -0.4 is 11.3 Å². The smallest absolute Gasteiger partial charge is 0.235 e. The van der Waals surface area contributed by atoms with Gasteiger partial charge in [0.15, 0.2) is 0 Å². The van der Waals surface area contributed by atoms with Gasteiger partial charge in [0.25, 0.3) is 0 Å². The molecule has 16 heavy (non-hydrogen) atoms. The van der Waals surface area contributed by atoms with E-state index in [4.69, 9.17) is 10.9 Å². The van der Waals surface area contributed by atoms with Gasteiger partial charge in [0.1, 0.15) is 0 Å². The molecule has 0 saturated carbocycles. The Morgan fingerprint density at radius 1 is 1.69 bits per heavy atom. The molecule has 1 heterocycles. The summed E-state index contributed by atoms with van der Waals surface area (Å²) in [6.07, 6.45) is 4.67. The Balaban J connectivity index is 2.40. The Hall–Kier alpha value is -0.650. The molecule has 1 rings (SSSR count). The van der Waals surface area contributed by atoms with E-state index in [-0.39, 0.29) is 18.6 Å². The molecule has 94 valence electrons. The number of carbonyl (C=O) groups is 1. The van der Waals surface area contributed by atoms with E-state index in [0.29, 0.717) is 12.5 Å². The molecule has 1 amide bonds. The van der Waals surface area contributed by atoms with Crippen molar-refractivity contribution in [3.05, 3.63) is 0 Å². The van der Waals surface area contributed by atoms with Gasteiger partial charge >= 0.3 is 0 Å². The first-order valence-electron chi connectivity index (χ1n) is 6.05. The number of rotatable bonds is 6. The zero-order valence-corrected chi connectivity index (χ0v) is 9.98. The topological polar surface area (TPSA) is 78.6 Å². The number of nitrogens with two attached hydrogens (primary N) is 1. The maximum atomic E-state index is 11.2. The van der Waals surface area contributed by atoms with Crippen molar-refractivity contribution >= 4 is 5.91 Å². The van der Waals surface area contributed by atoms with Crippen molar-refractivity contribution in [3.63, 3.8) is 0 Å². The van der Waals surface area contributed by atoms with Crippen molar-refractivity contribution in [3.8, 4) is 0 Å². The lowest BCUT2D eigenvalue weighted by Crippen LogP contribution is -2.42. The normalized spacial score (nSPS) is 23.3. The maximum absolute atomic E-state index is 11.2. The molecular weight excluding hydrogens is 206 g/mol. The third-order valence-electron chi connectivity index (χ3n) is 3.33. The van der Waals surface area contributed by atoms with E-state index in [9.17, 15) is 4.79 Å². The molecule has 1 fully saturated rings. The van der Waals surface area contributed by atoms with Crippen LogP contribution in [0.5, 0.6) is 0 Å². The summed E-state index contributed by atoms with van der Waals surface area (Å²) in [5, 5.41) is 8.84. The average molecular weight is 229 g/mol. The van der Waals surface area contributed by atoms with Gasteiger partial charge in [-0.15, -0.1) is 0 Å². The van der Waals surface area contributed by atoms with Crippen LogP contribution in [-0.4, -0.2) is 41.1 Å². The summed E-state index contributed by atoms with van der Waals surface area (Å²) >= 11 is 0. The summed E-state index contributed by atoms with van der Waals surface area (Å²) in [5.41, 5.74) is 2.17. The molecule has 0 aromatic rings. The highest BCUT2D eigenvalue weighted by Gasteiger charge is 2.28. The number of hydrogen-bond donors (Lipinski definition) is 3. The number of amides is 1. The molecule has 4 N–H and O–H groups in total. The van der Waals surface area contributed by atoms with Crippen molar-refractivity contribution in [2.75, 3.05) is 13.2 Å². The number of aliphatic hydroxyl groups excluding tert-OH is 1. The van der Waals surface area contributed by atoms with Gasteiger partial charge in [-0.05, 0) is 39.2 Å². The van der Waals surface area contributed by atoms with Crippen LogP contribution in [0.15, 0.2) is 0 Å². The van der Waals surface area contributed by atoms with Gasteiger partial charge in [-0.1, -0.05) is 0 Å². The Kier molecular flexibility index (Phi) is 5.73. The standard InChI is InChI=1S/C11H23N3O2/c1-9(8-11(16)13-12)14-6-2-4-10(14)5-3-7-15/h9-10,15H,2-8,12H2,1H3,(H,13,16). The van der Waals surface area contributed by atoms with Crippen LogP contribution in [0.25, 0.3) is 0 Å². The quantitative estimate of drug-likeness (QED) is 0.340. The minimum Gasteiger partial charge on any atom is -0.396 e. The lowest BCUT2D eigenvalue weighted by Gasteiger charge is -2.30. The van der Waals surface area contributed by atoms with Gasteiger partial charge < -0.3 is 5.11 Å². The highest BCUT2D eigenvalue weighted by molar-refractivity contribution is 5.75. The lowest BCUT2D eigenvalue weighted by atomic mass is 10.1. The number of carbonyl (C=O) groups excluding carboxylic acids is 1. The first-order chi connectivity index (χ1) is 7.69. The molecular formula is C11H23N3O2. The van der Waals surface area contributed by atoms with E-state index in [0.717, 1.165) is 19.4 Å². The van der Waals surface area contributed by atoms with Gasteiger partial charge in [-0.3, -0.25) is 15.1 Å². The van der Waals surface area contributed by atoms with E-state index in [1.165, 1.54) is 12.8 Å². The number of hydrazine groups is 1. The molecule has 5 heteroatoms. The molecule has 0 aromatic carbocycles. The molecule has 1 aliphatic heterocycles. The molecule has 1 saturated heterocycles. The summed E-state index contributed by atoms with van der Waals surface area (Å²) in [6, 6.07) is 0.752. The summed E-state index contributed by atoms with van der Waals surface area (Å²) in [6.45, 7) is 3.36. The fourth-order valence-electron chi connectivity index (χ4n) is 2.52. The van der Waals surface area contributed by atoms with Crippen molar-refractivity contribution in [2.45, 2.75) is 51.1 Å². The summed E-state index contributed by atoms with van der Waals surface area (Å²) in [7, 11) is 0. The van der Waals surface area contributed by atoms with Crippen molar-refractivity contribution < 1.29 is 9.90 Å². The summed E-state index contributed by atoms with van der Waals surface area (Å²) in [4.78, 5) is 13.6. The summed E-state index contributed by atoms with van der Waals surface area (Å²) in [5.74, 6) is 4.97. The molecule has 0 radical (unpaired) electrons. The van der Waals surface area contributed by atoms with Crippen molar-refractivity contribution in [1.29, 1.82) is 0 Å². The number of nitrogens with one attached hydrogen (secondary N) is 1. The van der Waals surface area contributed by atoms with E-state index < -0.39 is 0 Å². The second-order valence-electron chi connectivity index (χ2n) is 4.52. The van der Waals surface area contributed by atoms with E-state index >= 15 is 0 Å². The van der Waals surface area contributed by atoms with Gasteiger partial charge in [-0.25, -0.2) is 5.84 Å². The van der Waals surface area contributed by atoms with Gasteiger partial charge in [0.05, 0.1) is 0 Å². The Bertz CT molecular complexity index is 223. The predicted molar refractivity (Wildman–Crippen MR) is 62.5 cm³/mol. The zero-order chi connectivity index (χ0) is 12.0. The van der Waals surface area contributed by atoms with Crippen LogP contribution >= 0.6 is 0 Å². The van der Waals surface area contributed by atoms with E-state index in [1.54, 1.807) is 0 Å². The highest BCUT2D eigenvalue weighted by Crippen LogP contribution is 2.24. The van der Waals surface area contributed by atoms with Crippen LogP contribution in [0.2, 0.25) is 0 Å². The third-order valence-corrected chi connectivity index (χ3v) is 3.33. The van der Waals surface area contributed by atoms with Crippen LogP contribution in [-0.2, 0) is 4.79 Å². The molecule has 2 atom stereocenters. The molecule has 0 spiro atoms. The molecule has 5 nitrogen and oxygen atoms in total. The second-order valence-corrected chi connectivity index (χ2v) is 4.52. The van der Waals surface area contributed by atoms with Crippen molar-refractivity contribution in [1.82, 2.24) is 10.3 Å². The average Bonchev–Trinajstić information content (AvgIpc) is 2.74. The number of hydrogen-bond acceptors (Lipinski definition) is 4. The van der Waals surface area contributed by atoms with Crippen LogP contribution in [0.3, 0.4) is 0 Å². The highest BCUT2D eigenvalue weighted by atomic mass is 16.2. The molecule has 1 aliphatic rings. The lowest BCUT2D eigenvalue weighted by molar-refractivity contribution is -0.122. The van der Waals surface area contributed by atoms with Crippen LogP contribution in [0.1, 0.15) is 39.0 Å². The Morgan fingerprint density at radius 2 is 2.44 bits per heavy atom. The largest absolute Gasteiger partial charge is 0.396 e. The minimum atomic E-state index is -0.111. The fraction of sp³-hybridized carbons (Fsp3) is 0.909. The van der Waals surface area contributed by atoms with Gasteiger partial charge in [-0.2, -0.15) is 0 Å². The zero-order valence-electron chi connectivity index (χ0n) is 9.98. The van der Waals surface area contributed by atoms with Crippen LogP contribution in [0, 0.1) is 0 Å². The monoisotopic (exact) mass is 229 g/mol. The van der Waals surface area contributed by atoms with Crippen LogP contribution in [0.4, 0.5) is 0 Å². The van der Waals surface area contributed by atoms with Crippen molar-refractivity contribution in [2.24, 2.45) is 5.84 Å². The predicted octanol–water partition coefficient (Wildman–Crippen LogP) is -0.00820. The fourth-order valence-corrected chi connectivity index (χ4v) is 2.52. The minimum absolute atomic E-state index is 0.111. The molecule has 0 aromatic heterocycles. The van der Waals surface area contributed by atoms with E-state index in [2.05, 4.69) is 17.2 Å². The first kappa shape index (κ1) is 13.4. The third kappa shape index (κ3) is 3.73. The van der Waals surface area contributed by atoms with Gasteiger partial charge in [0.2, 0.25) is 5.91 Å². The first-order valence-corrected chi connectivity index (χ1v) is 6.05. The number of nitrogens with zero attached hydrogens (tertiary/aromatic N) is 1. The van der Waals surface area contributed by atoms with E-state index in [1.807, 2.05) is 0 Å². The summed E-state index contributed by atoms with van der Waals surface area (Å²) < 4.78 is 0. The molecule has 0 bridgehead atoms. The Morgan fingerprint density at radius 3 is 3.06 bits per heavy atom. The molecule has 2 unspecified atom stereocenters. The maximum Gasteiger partial charge on any atom is 0.235 e.